The third-order valence-corrected chi connectivity index (χ3v) is 18.6. The van der Waals surface area contributed by atoms with Crippen LogP contribution < -0.4 is 24.6 Å². The van der Waals surface area contributed by atoms with Crippen LogP contribution in [0, 0.1) is 0 Å². The maximum atomic E-state index is 11.5. The van der Waals surface area contributed by atoms with E-state index in [0.29, 0.717) is 153 Å². The molecular weight excluding hydrogens is 1840 g/mol. The summed E-state index contributed by atoms with van der Waals surface area (Å²) in [5.74, 6) is -1.41. The van der Waals surface area contributed by atoms with E-state index < -0.39 is 31.0 Å². The van der Waals surface area contributed by atoms with E-state index >= 15 is 0 Å². The largest absolute Gasteiger partial charge is 1.00 e. The van der Waals surface area contributed by atoms with Gasteiger partial charge in [-0.1, -0.05) is 206 Å². The summed E-state index contributed by atoms with van der Waals surface area (Å²) >= 11 is 62.1. The maximum Gasteiger partial charge on any atom is 1.00 e. The van der Waals surface area contributed by atoms with Gasteiger partial charge >= 0.3 is 42.7 Å². The molecule has 0 radical (unpaired) electrons. The van der Waals surface area contributed by atoms with Crippen molar-refractivity contribution >= 4 is 206 Å². The number of nitrogens with zero attached hydrogens (tertiary/aromatic N) is 5. The van der Waals surface area contributed by atoms with Gasteiger partial charge in [0.25, 0.3) is 11.8 Å². The molecule has 0 unspecified atom stereocenters. The van der Waals surface area contributed by atoms with Gasteiger partial charge in [0.2, 0.25) is 17.4 Å². The molecule has 26 nitrogen and oxygen atoms in total. The van der Waals surface area contributed by atoms with Crippen molar-refractivity contribution in [3.05, 3.63) is 248 Å². The summed E-state index contributed by atoms with van der Waals surface area (Å²) in [4.78, 5) is 52.6. The number of fused-ring (bicyclic) bond motifs is 4. The SMILES string of the molecule is C.C.C.C1CCOC1.CCOC(CBr)OCC.COC(=O)c1ccc(-c2noc(-c3cc4c(Cl)ccc(Cl)c4o3)n2)cc1.COC(=O)c1ccc(/C(N)=N\O)cc1.Clc1ccc(Cl)c2occc12.O=C(O)c1cc2c(Cl)ccc(Cl)c2o1.O=C(O)c1ccc(-c2noc(-c3cc4c(Cl)ccc(Cl)c4o3)n2)cc1.Oc1cc(Cl)ccc1Cl.[2H]CF.[Li+].[OH-]. The molecule has 0 saturated carbocycles. The van der Waals surface area contributed by atoms with Gasteiger partial charge in [0.15, 0.2) is 46.0 Å². The van der Waals surface area contributed by atoms with E-state index in [4.69, 9.17) is 185 Å². The first kappa shape index (κ1) is 105. The minimum atomic E-state index is -1.15. The molecule has 1 aliphatic heterocycles. The van der Waals surface area contributed by atoms with E-state index in [1.165, 1.54) is 51.3 Å². The van der Waals surface area contributed by atoms with Crippen LogP contribution in [0.25, 0.3) is 90.0 Å². The van der Waals surface area contributed by atoms with Crippen LogP contribution in [-0.2, 0) is 23.7 Å². The number of aromatic nitrogens is 4. The molecule has 120 heavy (non-hydrogen) atoms. The third kappa shape index (κ3) is 30.2. The zero-order chi connectivity index (χ0) is 84.7. The Labute approximate surface area is 759 Å². The Balaban J connectivity index is 0.000000483. The van der Waals surface area contributed by atoms with E-state index in [1.54, 1.807) is 146 Å². The minimum Gasteiger partial charge on any atom is -0.870 e. The van der Waals surface area contributed by atoms with Crippen molar-refractivity contribution < 1.29 is 120 Å². The summed E-state index contributed by atoms with van der Waals surface area (Å²) in [5.41, 5.74) is 10.1. The second-order valence-corrected chi connectivity index (χ2v) is 27.2. The van der Waals surface area contributed by atoms with Crippen LogP contribution in [0.15, 0.2) is 202 Å². The summed E-state index contributed by atoms with van der Waals surface area (Å²) in [7, 11) is 1.63. The normalized spacial score (nSPS) is 10.9. The maximum absolute atomic E-state index is 11.5. The molecule has 1 fully saturated rings. The number of esters is 2. The predicted molar refractivity (Wildman–Crippen MR) is 466 cm³/mol. The van der Waals surface area contributed by atoms with Gasteiger partial charge in [-0.25, -0.2) is 19.2 Å². The first-order valence-electron chi connectivity index (χ1n) is 33.7. The number of halogens is 12. The number of carboxylic acid groups (broad SMARTS) is 2. The van der Waals surface area contributed by atoms with Crippen LogP contribution in [0.3, 0.4) is 0 Å². The molecule has 14 aromatic rings. The summed E-state index contributed by atoms with van der Waals surface area (Å²) in [6, 6.07) is 43.4. The number of oxime groups is 1. The Morgan fingerprint density at radius 2 is 0.908 bits per heavy atom. The number of benzene rings is 8. The number of carboxylic acids is 2. The smallest absolute Gasteiger partial charge is 0.870 e. The number of hydrogen-bond donors (Lipinski definition) is 5. The molecular formula is C81H77BrCl10FLiN6O20. The second-order valence-electron chi connectivity index (χ2n) is 22.4. The second kappa shape index (κ2) is 53.6. The van der Waals surface area contributed by atoms with E-state index in [-0.39, 0.29) is 87.6 Å². The zero-order valence-electron chi connectivity index (χ0n) is 62.6. The fourth-order valence-electron chi connectivity index (χ4n) is 9.46. The Morgan fingerprint density at radius 1 is 0.533 bits per heavy atom. The number of aromatic carboxylic acids is 2. The third-order valence-electron chi connectivity index (χ3n) is 15.0. The number of furan rings is 4. The molecule has 7 heterocycles. The molecule has 6 aromatic heterocycles. The van der Waals surface area contributed by atoms with Gasteiger partial charge in [-0.3, -0.25) is 4.39 Å². The first-order valence-corrected chi connectivity index (χ1v) is 37.9. The molecule has 15 rings (SSSR count). The number of aromatic hydroxyl groups is 1. The minimum absolute atomic E-state index is 0. The number of nitrogens with two attached hydrogens (primary N) is 1. The number of rotatable bonds is 14. The molecule has 0 bridgehead atoms. The number of hydrogen-bond acceptors (Lipinski definition) is 23. The predicted octanol–water partition coefficient (Wildman–Crippen LogP) is 22.7. The molecule has 1 saturated heterocycles. The van der Waals surface area contributed by atoms with Crippen LogP contribution in [0.1, 0.15) is 97.5 Å². The van der Waals surface area contributed by atoms with Crippen molar-refractivity contribution in [3.8, 4) is 51.8 Å². The number of carbonyl (C=O) groups is 4. The molecule has 0 atom stereocenters. The molecule has 1 aliphatic rings. The molecule has 39 heteroatoms. The van der Waals surface area contributed by atoms with Crippen molar-refractivity contribution in [1.29, 1.82) is 0 Å². The number of alkyl halides is 2. The Morgan fingerprint density at radius 3 is 1.25 bits per heavy atom. The zero-order valence-corrected chi connectivity index (χ0v) is 70.8. The van der Waals surface area contributed by atoms with Gasteiger partial charge in [0.1, 0.15) is 5.75 Å². The van der Waals surface area contributed by atoms with Crippen molar-refractivity contribution in [2.24, 2.45) is 10.9 Å². The van der Waals surface area contributed by atoms with Crippen molar-refractivity contribution in [2.75, 3.05) is 53.1 Å². The summed E-state index contributed by atoms with van der Waals surface area (Å²) in [5, 5.41) is 53.7. The quantitative estimate of drug-likeness (QED) is 0.00986. The van der Waals surface area contributed by atoms with Crippen LogP contribution in [0.2, 0.25) is 50.2 Å². The van der Waals surface area contributed by atoms with E-state index in [0.717, 1.165) is 23.9 Å². The summed E-state index contributed by atoms with van der Waals surface area (Å²) in [6.07, 6.45) is 4.06. The Bertz CT molecular complexity index is 5460. The van der Waals surface area contributed by atoms with Gasteiger partial charge in [-0.05, 0) is 142 Å². The molecule has 7 N–H and O–H groups in total. The van der Waals surface area contributed by atoms with Gasteiger partial charge < -0.3 is 82.1 Å². The van der Waals surface area contributed by atoms with Crippen LogP contribution in [0.4, 0.5) is 4.39 Å². The molecule has 0 aliphatic carbocycles. The topological polar surface area (TPSA) is 394 Å². The molecule has 8 aromatic carbocycles. The van der Waals surface area contributed by atoms with Crippen LogP contribution in [0.5, 0.6) is 5.75 Å². The van der Waals surface area contributed by atoms with Crippen molar-refractivity contribution in [3.63, 3.8) is 0 Å². The van der Waals surface area contributed by atoms with Gasteiger partial charge in [-0.2, -0.15) is 9.97 Å². The standard InChI is InChI=1S/C18H10Cl2N2O4.C17H8Cl2N2O4.C9H4Cl2O3.C9H10N2O3.C8H4Cl2O.C6H13BrO2.C6H4Cl2O.C4H8O.CH3F.3CH4.Li.H2O/c1-24-18(23)10-4-2-9(3-5-10)16-21-17(26-22-16)14-8-11-12(19)6-7-13(20)15(11)25-14;18-11-5-6-12(19)14-10(11)7-13(24-14)16-20-15(21-25-16)8-1-3-9(4-2-8)17(22)23;10-5-1-2-6(11)8-4(5)3-7(14-8)9(12)13;1-14-9(12)7-4-2-6(3-5-7)8(10)11-13;9-6-1-2-7(10)8-5(6)3-4-11-8;1-3-8-6(5-7)9-4-2;7-4-1-2-5(8)6(9)3-4;1-2-4-5-3-1;1-2;;;;;/h2-8H,1H3;1-7H,(H,22,23);1-3H,(H,12,13);2-5,13H,1H3,(H2,10,11);1-4H;6H,3-5H2,1-2H3;1-3,9H;1-4H2;1H3;3*1H4;;1H2/q;;;;;;;;;;;;+1;/p-1/i;;;;;;;;1D;;;;;. The summed E-state index contributed by atoms with van der Waals surface area (Å²) < 4.78 is 72.0. The number of carbonyl (C=O) groups excluding carboxylic acids is 2. The van der Waals surface area contributed by atoms with Gasteiger partial charge in [-0.15, -0.1) is 0 Å². The van der Waals surface area contributed by atoms with Crippen molar-refractivity contribution in [1.82, 2.24) is 20.3 Å². The average Bonchev–Trinajstić information content (AvgIpc) is 1.64. The fraction of sp³-hybridized carbons (Fsp3) is 0.198. The number of amidine groups is 1. The van der Waals surface area contributed by atoms with Gasteiger partial charge in [0, 0.05) is 81.8 Å². The number of ether oxygens (including phenoxy) is 5. The van der Waals surface area contributed by atoms with E-state index in [9.17, 15) is 23.6 Å². The monoisotopic (exact) mass is 1910 g/mol. The Kier molecular flexibility index (Phi) is 47.0. The molecule has 0 amide bonds. The molecule has 636 valence electrons. The van der Waals surface area contributed by atoms with Crippen LogP contribution >= 0.6 is 132 Å². The first-order chi connectivity index (χ1) is 55.6. The van der Waals surface area contributed by atoms with E-state index in [2.05, 4.69) is 50.8 Å². The number of phenols is 1. The molecule has 0 spiro atoms. The number of methoxy groups -OCH3 is 2. The summed E-state index contributed by atoms with van der Waals surface area (Å²) in [6.45, 7) is 7.32. The van der Waals surface area contributed by atoms with Gasteiger partial charge in [0.05, 0.1) is 96.2 Å². The van der Waals surface area contributed by atoms with E-state index in [1.807, 2.05) is 13.8 Å². The average molecular weight is 1920 g/mol. The van der Waals surface area contributed by atoms with Crippen molar-refractivity contribution in [2.45, 2.75) is 55.3 Å². The van der Waals surface area contributed by atoms with Crippen LogP contribution in [-0.4, -0.2) is 135 Å². The Hall–Kier alpha value is -9.10. The number of phenolic OH excluding ortho intramolecular Hbond substituents is 1. The fourth-order valence-corrected chi connectivity index (χ4v) is 11.8.